The molecular weight excluding hydrogens is 258 g/mol. The van der Waals surface area contributed by atoms with E-state index in [1.807, 2.05) is 32.5 Å². The van der Waals surface area contributed by atoms with Gasteiger partial charge in [-0.1, -0.05) is 26.7 Å². The molecule has 0 heterocycles. The molecule has 1 atom stereocenters. The minimum absolute atomic E-state index is 0.202. The third-order valence-electron chi connectivity index (χ3n) is 3.36. The van der Waals surface area contributed by atoms with Crippen LogP contribution in [-0.2, 0) is 4.79 Å². The summed E-state index contributed by atoms with van der Waals surface area (Å²) >= 11 is 1.95. The minimum Gasteiger partial charge on any atom is -0.480 e. The van der Waals surface area contributed by atoms with Crippen molar-refractivity contribution < 1.29 is 9.90 Å². The van der Waals surface area contributed by atoms with Crippen LogP contribution in [0.15, 0.2) is 0 Å². The Balaban J connectivity index is 4.03. The monoisotopic (exact) mass is 289 g/mol. The summed E-state index contributed by atoms with van der Waals surface area (Å²) in [6, 6.07) is 0.202. The highest BCUT2D eigenvalue weighted by Gasteiger charge is 2.36. The average molecular weight is 289 g/mol. The number of nitrogens with one attached hydrogen (secondary N) is 1. The normalized spacial score (nSPS) is 14.6. The van der Waals surface area contributed by atoms with Gasteiger partial charge in [0.25, 0.3) is 0 Å². The molecule has 114 valence electrons. The number of carboxylic acid groups (broad SMARTS) is 1. The smallest absolute Gasteiger partial charge is 0.323 e. The topological polar surface area (TPSA) is 49.3 Å². The molecule has 0 aliphatic carbocycles. The van der Waals surface area contributed by atoms with Gasteiger partial charge in [-0.25, -0.2) is 0 Å². The molecule has 0 aromatic heterocycles. The average Bonchev–Trinajstić information content (AvgIpc) is 2.35. The van der Waals surface area contributed by atoms with Crippen LogP contribution in [0.2, 0.25) is 0 Å². The molecule has 4 heteroatoms. The molecule has 0 aliphatic rings. The molecule has 0 radical (unpaired) electrons. The lowest BCUT2D eigenvalue weighted by atomic mass is 9.90. The van der Waals surface area contributed by atoms with E-state index in [0.29, 0.717) is 6.42 Å². The van der Waals surface area contributed by atoms with Crippen LogP contribution in [-0.4, -0.2) is 34.2 Å². The molecule has 0 bridgehead atoms. The maximum Gasteiger partial charge on any atom is 0.323 e. The second-order valence-corrected chi connectivity index (χ2v) is 6.69. The Morgan fingerprint density at radius 3 is 2.32 bits per heavy atom. The van der Waals surface area contributed by atoms with Crippen molar-refractivity contribution in [2.45, 2.75) is 77.8 Å². The Morgan fingerprint density at radius 1 is 1.21 bits per heavy atom. The maximum absolute atomic E-state index is 11.5. The summed E-state index contributed by atoms with van der Waals surface area (Å²) in [5.41, 5.74) is -0.738. The molecule has 0 amide bonds. The van der Waals surface area contributed by atoms with E-state index in [4.69, 9.17) is 0 Å². The lowest BCUT2D eigenvalue weighted by Crippen LogP contribution is -2.54. The third-order valence-corrected chi connectivity index (χ3v) is 4.52. The van der Waals surface area contributed by atoms with Crippen LogP contribution in [0.1, 0.15) is 66.2 Å². The van der Waals surface area contributed by atoms with Gasteiger partial charge >= 0.3 is 5.97 Å². The summed E-state index contributed by atoms with van der Waals surface area (Å²) in [5.74, 6) is 1.57. The Labute approximate surface area is 122 Å². The number of hydrogen-bond acceptors (Lipinski definition) is 3. The predicted molar refractivity (Wildman–Crippen MR) is 85.0 cm³/mol. The van der Waals surface area contributed by atoms with E-state index >= 15 is 0 Å². The first-order valence-electron chi connectivity index (χ1n) is 7.57. The zero-order chi connectivity index (χ0) is 14.7. The first-order valence-corrected chi connectivity index (χ1v) is 8.72. The van der Waals surface area contributed by atoms with Crippen molar-refractivity contribution in [2.24, 2.45) is 0 Å². The number of hydrogen-bond donors (Lipinski definition) is 2. The largest absolute Gasteiger partial charge is 0.480 e. The van der Waals surface area contributed by atoms with Gasteiger partial charge < -0.3 is 5.11 Å². The maximum atomic E-state index is 11.5. The first-order chi connectivity index (χ1) is 8.98. The van der Waals surface area contributed by atoms with E-state index in [2.05, 4.69) is 12.2 Å². The van der Waals surface area contributed by atoms with Crippen LogP contribution in [0.3, 0.4) is 0 Å². The number of carbonyl (C=O) groups is 1. The fourth-order valence-corrected chi connectivity index (χ4v) is 3.22. The predicted octanol–water partition coefficient (Wildman–Crippen LogP) is 3.92. The van der Waals surface area contributed by atoms with Gasteiger partial charge in [-0.05, 0) is 51.0 Å². The van der Waals surface area contributed by atoms with Crippen LogP contribution < -0.4 is 5.32 Å². The molecule has 3 nitrogen and oxygen atoms in total. The third kappa shape index (κ3) is 7.83. The van der Waals surface area contributed by atoms with Crippen LogP contribution in [0.25, 0.3) is 0 Å². The molecule has 1 unspecified atom stereocenters. The van der Waals surface area contributed by atoms with E-state index in [1.165, 1.54) is 25.0 Å². The molecule has 0 saturated heterocycles. The second-order valence-electron chi connectivity index (χ2n) is 5.46. The molecule has 0 fully saturated rings. The van der Waals surface area contributed by atoms with Crippen molar-refractivity contribution in [3.63, 3.8) is 0 Å². The fraction of sp³-hybridized carbons (Fsp3) is 0.933. The second kappa shape index (κ2) is 10.6. The van der Waals surface area contributed by atoms with Crippen molar-refractivity contribution in [2.75, 3.05) is 11.5 Å². The van der Waals surface area contributed by atoms with E-state index in [1.54, 1.807) is 0 Å². The molecule has 0 aromatic carbocycles. The van der Waals surface area contributed by atoms with Crippen LogP contribution in [0.5, 0.6) is 0 Å². The van der Waals surface area contributed by atoms with Gasteiger partial charge in [0.15, 0.2) is 0 Å². The summed E-state index contributed by atoms with van der Waals surface area (Å²) in [6.07, 6.45) is 6.17. The van der Waals surface area contributed by atoms with Crippen LogP contribution in [0, 0.1) is 0 Å². The summed E-state index contributed by atoms with van der Waals surface area (Å²) in [4.78, 5) is 11.5. The van der Waals surface area contributed by atoms with E-state index < -0.39 is 11.5 Å². The van der Waals surface area contributed by atoms with E-state index in [-0.39, 0.29) is 6.04 Å². The summed E-state index contributed by atoms with van der Waals surface area (Å²) in [6.45, 7) is 8.18. The number of thioether (sulfide) groups is 1. The van der Waals surface area contributed by atoms with Crippen LogP contribution >= 0.6 is 11.8 Å². The summed E-state index contributed by atoms with van der Waals surface area (Å²) in [7, 11) is 0. The SMILES string of the molecule is CCCCCSCCCC(CC)(NC(C)C)C(=O)O. The highest BCUT2D eigenvalue weighted by Crippen LogP contribution is 2.21. The lowest BCUT2D eigenvalue weighted by Gasteiger charge is -2.31. The molecule has 0 aliphatic heterocycles. The molecule has 0 rings (SSSR count). The molecule has 0 aromatic rings. The van der Waals surface area contributed by atoms with Gasteiger partial charge in [-0.3, -0.25) is 10.1 Å². The highest BCUT2D eigenvalue weighted by atomic mass is 32.2. The zero-order valence-electron chi connectivity index (χ0n) is 13.0. The highest BCUT2D eigenvalue weighted by molar-refractivity contribution is 7.99. The Bertz CT molecular complexity index is 246. The Morgan fingerprint density at radius 2 is 1.84 bits per heavy atom. The number of carboxylic acids is 1. The lowest BCUT2D eigenvalue weighted by molar-refractivity contribution is -0.145. The quantitative estimate of drug-likeness (QED) is 0.535. The van der Waals surface area contributed by atoms with Crippen molar-refractivity contribution in [1.82, 2.24) is 5.32 Å². The van der Waals surface area contributed by atoms with Crippen LogP contribution in [0.4, 0.5) is 0 Å². The molecule has 0 spiro atoms. The number of rotatable bonds is 12. The first kappa shape index (κ1) is 18.8. The van der Waals surface area contributed by atoms with E-state index in [0.717, 1.165) is 18.6 Å². The van der Waals surface area contributed by atoms with Gasteiger partial charge in [0, 0.05) is 6.04 Å². The van der Waals surface area contributed by atoms with Crippen molar-refractivity contribution in [3.05, 3.63) is 0 Å². The number of aliphatic carboxylic acids is 1. The van der Waals surface area contributed by atoms with E-state index in [9.17, 15) is 9.90 Å². The van der Waals surface area contributed by atoms with Crippen molar-refractivity contribution in [1.29, 1.82) is 0 Å². The van der Waals surface area contributed by atoms with Gasteiger partial charge in [0.2, 0.25) is 0 Å². The fourth-order valence-electron chi connectivity index (χ4n) is 2.26. The standard InChI is InChI=1S/C15H31NO2S/c1-5-7-8-11-19-12-9-10-15(6-2,14(17)18)16-13(3)4/h13,16H,5-12H2,1-4H3,(H,17,18). The minimum atomic E-state index is -0.738. The summed E-state index contributed by atoms with van der Waals surface area (Å²) < 4.78 is 0. The zero-order valence-corrected chi connectivity index (χ0v) is 13.8. The molecule has 2 N–H and O–H groups in total. The van der Waals surface area contributed by atoms with Crippen molar-refractivity contribution >= 4 is 17.7 Å². The molecular formula is C15H31NO2S. The van der Waals surface area contributed by atoms with Gasteiger partial charge in [0.1, 0.15) is 5.54 Å². The van der Waals surface area contributed by atoms with Gasteiger partial charge in [-0.2, -0.15) is 11.8 Å². The van der Waals surface area contributed by atoms with Gasteiger partial charge in [0.05, 0.1) is 0 Å². The Kier molecular flexibility index (Phi) is 10.4. The molecule has 0 saturated carbocycles. The Hall–Kier alpha value is -0.220. The van der Waals surface area contributed by atoms with Gasteiger partial charge in [-0.15, -0.1) is 0 Å². The van der Waals surface area contributed by atoms with Crippen molar-refractivity contribution in [3.8, 4) is 0 Å². The molecule has 19 heavy (non-hydrogen) atoms. The summed E-state index contributed by atoms with van der Waals surface area (Å²) in [5, 5.41) is 12.7. The number of unbranched alkanes of at least 4 members (excludes halogenated alkanes) is 2.